The summed E-state index contributed by atoms with van der Waals surface area (Å²) < 4.78 is 13.0. The highest BCUT2D eigenvalue weighted by molar-refractivity contribution is 6.02. The molecule has 1 aliphatic heterocycles. The van der Waals surface area contributed by atoms with Crippen molar-refractivity contribution in [3.63, 3.8) is 0 Å². The number of imidazole rings is 1. The lowest BCUT2D eigenvalue weighted by atomic mass is 10.1. The van der Waals surface area contributed by atoms with Gasteiger partial charge in [-0.2, -0.15) is 4.98 Å². The predicted octanol–water partition coefficient (Wildman–Crippen LogP) is 4.13. The molecular formula is C26H37N7O3. The minimum Gasteiger partial charge on any atom is -0.494 e. The summed E-state index contributed by atoms with van der Waals surface area (Å²) in [5.74, 6) is 1.88. The summed E-state index contributed by atoms with van der Waals surface area (Å²) in [5.41, 5.74) is 4.15. The van der Waals surface area contributed by atoms with Crippen LogP contribution in [0.2, 0.25) is 0 Å². The van der Waals surface area contributed by atoms with Gasteiger partial charge >= 0.3 is 0 Å². The lowest BCUT2D eigenvalue weighted by molar-refractivity contribution is -0.117. The molecule has 4 rings (SSSR count). The lowest BCUT2D eigenvalue weighted by Gasteiger charge is -2.36. The van der Waals surface area contributed by atoms with Crippen molar-refractivity contribution in [1.29, 1.82) is 0 Å². The van der Waals surface area contributed by atoms with E-state index in [2.05, 4.69) is 10.3 Å². The Bertz CT molecular complexity index is 1190. The fourth-order valence-corrected chi connectivity index (χ4v) is 4.01. The van der Waals surface area contributed by atoms with E-state index in [1.807, 2.05) is 68.5 Å². The van der Waals surface area contributed by atoms with E-state index in [-0.39, 0.29) is 18.6 Å². The van der Waals surface area contributed by atoms with Gasteiger partial charge < -0.3 is 29.2 Å². The Morgan fingerprint density at radius 2 is 1.94 bits per heavy atom. The Morgan fingerprint density at radius 1 is 1.19 bits per heavy atom. The molecule has 0 radical (unpaired) electrons. The average Bonchev–Trinajstić information content (AvgIpc) is 3.33. The highest BCUT2D eigenvalue weighted by Crippen LogP contribution is 2.36. The molecule has 1 aliphatic rings. The molecule has 0 spiro atoms. The van der Waals surface area contributed by atoms with Crippen LogP contribution in [0.3, 0.4) is 0 Å². The first kappa shape index (κ1) is 26.9. The molecule has 0 saturated heterocycles. The number of methoxy groups -OCH3 is 2. The average molecular weight is 496 g/mol. The number of carbonyl (C=O) groups excluding carboxylic acids is 1. The van der Waals surface area contributed by atoms with Crippen molar-refractivity contribution >= 4 is 29.0 Å². The standard InChI is InChI=1S/C24H31N7O3.C2H6/c1-7-18-22-23(30(12-16(3)33-5)13-21(32)29(22)4)28-24(27-18)26-17-8-9-19(20(10-17)34-6)31-11-15(2)25-14-31;1-2/h8-11,14,16H,7,12-13H2,1-6H3,(H,26,27,28);1-2H3. The minimum atomic E-state index is -0.0517. The van der Waals surface area contributed by atoms with Crippen molar-refractivity contribution in [2.75, 3.05) is 49.5 Å². The lowest BCUT2D eigenvalue weighted by Crippen LogP contribution is -2.47. The van der Waals surface area contributed by atoms with Crippen LogP contribution in [-0.4, -0.2) is 65.9 Å². The number of rotatable bonds is 8. The van der Waals surface area contributed by atoms with Crippen LogP contribution < -0.4 is 19.9 Å². The number of fused-ring (bicyclic) bond motifs is 1. The predicted molar refractivity (Wildman–Crippen MR) is 143 cm³/mol. The number of aryl methyl sites for hydroxylation is 2. The molecule has 3 heterocycles. The number of hydrogen-bond donors (Lipinski definition) is 1. The van der Waals surface area contributed by atoms with Gasteiger partial charge in [0.05, 0.1) is 43.2 Å². The maximum atomic E-state index is 12.7. The maximum absolute atomic E-state index is 12.7. The van der Waals surface area contributed by atoms with Gasteiger partial charge in [-0.1, -0.05) is 20.8 Å². The third-order valence-corrected chi connectivity index (χ3v) is 5.91. The molecule has 1 aromatic carbocycles. The van der Waals surface area contributed by atoms with E-state index < -0.39 is 0 Å². The number of nitrogens with zero attached hydrogens (tertiary/aromatic N) is 6. The highest BCUT2D eigenvalue weighted by Gasteiger charge is 2.32. The Labute approximate surface area is 213 Å². The number of amides is 1. The van der Waals surface area contributed by atoms with Gasteiger partial charge in [0, 0.05) is 38.7 Å². The van der Waals surface area contributed by atoms with E-state index in [9.17, 15) is 4.79 Å². The number of carbonyl (C=O) groups is 1. The van der Waals surface area contributed by atoms with Crippen LogP contribution in [0, 0.1) is 6.92 Å². The molecule has 1 unspecified atom stereocenters. The van der Waals surface area contributed by atoms with Crippen LogP contribution in [-0.2, 0) is 16.0 Å². The molecule has 10 heteroatoms. The van der Waals surface area contributed by atoms with Gasteiger partial charge in [-0.05, 0) is 32.4 Å². The summed E-state index contributed by atoms with van der Waals surface area (Å²) in [6.07, 6.45) is 4.31. The number of aromatic nitrogens is 4. The van der Waals surface area contributed by atoms with Gasteiger partial charge in [0.25, 0.3) is 0 Å². The van der Waals surface area contributed by atoms with Crippen molar-refractivity contribution < 1.29 is 14.3 Å². The molecule has 0 saturated carbocycles. The first-order valence-electron chi connectivity index (χ1n) is 12.3. The minimum absolute atomic E-state index is 0.00451. The SMILES string of the molecule is CC.CCc1nc(Nc2ccc(-n3cnc(C)c3)c(OC)c2)nc2c1N(C)C(=O)CN2CC(C)OC. The van der Waals surface area contributed by atoms with E-state index in [0.29, 0.717) is 24.7 Å². The summed E-state index contributed by atoms with van der Waals surface area (Å²) in [6, 6.07) is 5.81. The molecule has 0 fully saturated rings. The second-order valence-electron chi connectivity index (χ2n) is 8.33. The summed E-state index contributed by atoms with van der Waals surface area (Å²) in [6.45, 7) is 10.7. The van der Waals surface area contributed by atoms with Crippen molar-refractivity contribution in [3.8, 4) is 11.4 Å². The third kappa shape index (κ3) is 5.59. The zero-order chi connectivity index (χ0) is 26.4. The molecule has 194 valence electrons. The fraction of sp³-hybridized carbons (Fsp3) is 0.462. The van der Waals surface area contributed by atoms with E-state index in [0.717, 1.165) is 34.3 Å². The van der Waals surface area contributed by atoms with E-state index in [1.54, 1.807) is 32.5 Å². The topological polar surface area (TPSA) is 97.6 Å². The zero-order valence-corrected chi connectivity index (χ0v) is 22.5. The fourth-order valence-electron chi connectivity index (χ4n) is 4.01. The Morgan fingerprint density at radius 3 is 2.56 bits per heavy atom. The largest absolute Gasteiger partial charge is 0.494 e. The summed E-state index contributed by atoms with van der Waals surface area (Å²) >= 11 is 0. The highest BCUT2D eigenvalue weighted by atomic mass is 16.5. The Kier molecular flexibility index (Phi) is 8.87. The van der Waals surface area contributed by atoms with Crippen LogP contribution in [0.1, 0.15) is 39.1 Å². The number of anilines is 4. The van der Waals surface area contributed by atoms with E-state index >= 15 is 0 Å². The molecule has 10 nitrogen and oxygen atoms in total. The number of likely N-dealkylation sites (N-methyl/N-ethyl adjacent to an activating group) is 1. The van der Waals surface area contributed by atoms with Crippen molar-refractivity contribution in [3.05, 3.63) is 42.1 Å². The zero-order valence-electron chi connectivity index (χ0n) is 22.5. The molecule has 36 heavy (non-hydrogen) atoms. The van der Waals surface area contributed by atoms with Crippen LogP contribution in [0.15, 0.2) is 30.7 Å². The van der Waals surface area contributed by atoms with Crippen LogP contribution in [0.5, 0.6) is 5.75 Å². The van der Waals surface area contributed by atoms with Crippen molar-refractivity contribution in [2.45, 2.75) is 47.1 Å². The van der Waals surface area contributed by atoms with Gasteiger partial charge in [-0.15, -0.1) is 0 Å². The number of nitrogens with one attached hydrogen (secondary N) is 1. The number of benzene rings is 1. The summed E-state index contributed by atoms with van der Waals surface area (Å²) in [7, 11) is 5.07. The first-order chi connectivity index (χ1) is 17.3. The monoisotopic (exact) mass is 495 g/mol. The second-order valence-corrected chi connectivity index (χ2v) is 8.33. The molecule has 0 bridgehead atoms. The Hall–Kier alpha value is -3.66. The maximum Gasteiger partial charge on any atom is 0.246 e. The van der Waals surface area contributed by atoms with Crippen LogP contribution >= 0.6 is 0 Å². The van der Waals surface area contributed by atoms with Gasteiger partial charge in [-0.25, -0.2) is 9.97 Å². The van der Waals surface area contributed by atoms with Gasteiger partial charge in [0.1, 0.15) is 11.4 Å². The summed E-state index contributed by atoms with van der Waals surface area (Å²) in [4.78, 5) is 30.1. The van der Waals surface area contributed by atoms with Gasteiger partial charge in [-0.3, -0.25) is 4.79 Å². The summed E-state index contributed by atoms with van der Waals surface area (Å²) in [5, 5.41) is 3.31. The quantitative estimate of drug-likeness (QED) is 0.498. The molecular weight excluding hydrogens is 458 g/mol. The molecule has 1 amide bonds. The number of ether oxygens (including phenoxy) is 2. The van der Waals surface area contributed by atoms with E-state index in [1.165, 1.54) is 0 Å². The molecule has 2 aromatic heterocycles. The third-order valence-electron chi connectivity index (χ3n) is 5.91. The second kappa shape index (κ2) is 11.9. The molecule has 1 atom stereocenters. The van der Waals surface area contributed by atoms with E-state index in [4.69, 9.17) is 19.4 Å². The van der Waals surface area contributed by atoms with Gasteiger partial charge in [0.2, 0.25) is 11.9 Å². The number of hydrogen-bond acceptors (Lipinski definition) is 8. The van der Waals surface area contributed by atoms with Crippen LogP contribution in [0.4, 0.5) is 23.1 Å². The molecule has 3 aromatic rings. The smallest absolute Gasteiger partial charge is 0.246 e. The Balaban J connectivity index is 0.00000176. The first-order valence-corrected chi connectivity index (χ1v) is 12.3. The van der Waals surface area contributed by atoms with Crippen molar-refractivity contribution in [1.82, 2.24) is 19.5 Å². The van der Waals surface area contributed by atoms with Crippen LogP contribution in [0.25, 0.3) is 5.69 Å². The van der Waals surface area contributed by atoms with Crippen molar-refractivity contribution in [2.24, 2.45) is 0 Å². The van der Waals surface area contributed by atoms with Gasteiger partial charge in [0.15, 0.2) is 5.82 Å². The normalized spacial score (nSPS) is 13.6. The molecule has 0 aliphatic carbocycles. The molecule has 1 N–H and O–H groups in total.